The highest BCUT2D eigenvalue weighted by Crippen LogP contribution is 2.07. The van der Waals surface area contributed by atoms with Crippen molar-refractivity contribution in [1.29, 1.82) is 0 Å². The van der Waals surface area contributed by atoms with Crippen molar-refractivity contribution in [2.45, 2.75) is 26.6 Å². The maximum Gasteiger partial charge on any atom is 0.150 e. The third kappa shape index (κ3) is 2.07. The molecule has 0 amide bonds. The van der Waals surface area contributed by atoms with E-state index in [1.54, 1.807) is 0 Å². The summed E-state index contributed by atoms with van der Waals surface area (Å²) in [7, 11) is 2.05. The van der Waals surface area contributed by atoms with Gasteiger partial charge in [-0.25, -0.2) is 0 Å². The van der Waals surface area contributed by atoms with Crippen molar-refractivity contribution in [3.8, 4) is 0 Å². The summed E-state index contributed by atoms with van der Waals surface area (Å²) in [5, 5.41) is 0. The lowest BCUT2D eigenvalue weighted by molar-refractivity contribution is 0.824. The average Bonchev–Trinajstić information content (AvgIpc) is 2.05. The summed E-state index contributed by atoms with van der Waals surface area (Å²) >= 11 is 0. The van der Waals surface area contributed by atoms with E-state index in [0.717, 1.165) is 5.69 Å². The van der Waals surface area contributed by atoms with E-state index < -0.39 is 0 Å². The van der Waals surface area contributed by atoms with Gasteiger partial charge in [-0.3, -0.25) is 4.98 Å². The van der Waals surface area contributed by atoms with Crippen LogP contribution in [0.2, 0.25) is 6.82 Å². The molecule has 0 aliphatic rings. The Labute approximate surface area is 69.1 Å². The zero-order valence-corrected chi connectivity index (χ0v) is 7.33. The number of aromatic nitrogens is 1. The molecule has 57 valence electrons. The average molecular weight is 146 g/mol. The van der Waals surface area contributed by atoms with Crippen LogP contribution in [0, 0.1) is 0 Å². The molecule has 1 aromatic heterocycles. The second-order valence-electron chi connectivity index (χ2n) is 2.96. The van der Waals surface area contributed by atoms with E-state index in [1.165, 1.54) is 5.46 Å². The Morgan fingerprint density at radius 1 is 1.36 bits per heavy atom. The first-order valence-electron chi connectivity index (χ1n) is 3.99. The quantitative estimate of drug-likeness (QED) is 0.577. The Balaban J connectivity index is 2.83. The molecular weight excluding hydrogens is 133 g/mol. The molecule has 1 nitrogen and oxygen atoms in total. The van der Waals surface area contributed by atoms with E-state index >= 15 is 0 Å². The van der Waals surface area contributed by atoms with Gasteiger partial charge in [0.2, 0.25) is 0 Å². The molecule has 0 aliphatic carbocycles. The second-order valence-corrected chi connectivity index (χ2v) is 2.96. The van der Waals surface area contributed by atoms with Gasteiger partial charge in [-0.2, -0.15) is 0 Å². The number of hydrogen-bond donors (Lipinski definition) is 0. The Hall–Kier alpha value is -0.785. The molecule has 0 aliphatic heterocycles. The van der Waals surface area contributed by atoms with Gasteiger partial charge in [-0.1, -0.05) is 32.2 Å². The molecule has 1 aromatic rings. The fourth-order valence-electron chi connectivity index (χ4n) is 0.929. The van der Waals surface area contributed by atoms with E-state index in [1.807, 2.05) is 13.0 Å². The highest BCUT2D eigenvalue weighted by atomic mass is 14.7. The van der Waals surface area contributed by atoms with Crippen LogP contribution in [-0.2, 0) is 0 Å². The largest absolute Gasteiger partial charge is 0.262 e. The molecule has 1 heterocycles. The van der Waals surface area contributed by atoms with Gasteiger partial charge in [0.1, 0.15) is 7.28 Å². The predicted molar refractivity (Wildman–Crippen MR) is 49.6 cm³/mol. The summed E-state index contributed by atoms with van der Waals surface area (Å²) in [5.74, 6) is 0.529. The molecule has 0 aromatic carbocycles. The highest BCUT2D eigenvalue weighted by Gasteiger charge is 1.98. The van der Waals surface area contributed by atoms with Crippen LogP contribution >= 0.6 is 0 Å². The van der Waals surface area contributed by atoms with Gasteiger partial charge in [-0.05, 0) is 12.0 Å². The minimum atomic E-state index is 0.529. The third-order valence-corrected chi connectivity index (χ3v) is 1.73. The van der Waals surface area contributed by atoms with Crippen LogP contribution in [0.3, 0.4) is 0 Å². The van der Waals surface area contributed by atoms with Gasteiger partial charge in [-0.15, -0.1) is 0 Å². The molecule has 2 heteroatoms. The molecule has 0 spiro atoms. The monoisotopic (exact) mass is 146 g/mol. The van der Waals surface area contributed by atoms with Crippen LogP contribution in [0.15, 0.2) is 18.3 Å². The molecule has 0 unspecified atom stereocenters. The van der Waals surface area contributed by atoms with E-state index in [0.29, 0.717) is 5.92 Å². The van der Waals surface area contributed by atoms with E-state index in [9.17, 15) is 0 Å². The molecule has 0 bridgehead atoms. The predicted octanol–water partition coefficient (Wildman–Crippen LogP) is 1.58. The first-order chi connectivity index (χ1) is 5.24. The maximum atomic E-state index is 4.32. The first-order valence-corrected chi connectivity index (χ1v) is 3.99. The van der Waals surface area contributed by atoms with Crippen LogP contribution in [0.4, 0.5) is 0 Å². The standard InChI is InChI=1S/C9H13BN/c1-7(2)9-5-4-8(10-3)6-11-9/h4-7H,1-3H3. The fraction of sp³-hybridized carbons (Fsp3) is 0.444. The Kier molecular flexibility index (Phi) is 2.69. The number of pyridine rings is 1. The zero-order chi connectivity index (χ0) is 8.27. The van der Waals surface area contributed by atoms with Crippen LogP contribution in [0.1, 0.15) is 25.5 Å². The van der Waals surface area contributed by atoms with Crippen molar-refractivity contribution in [1.82, 2.24) is 4.98 Å². The molecular formula is C9H13BN. The van der Waals surface area contributed by atoms with Crippen molar-refractivity contribution in [2.24, 2.45) is 0 Å². The minimum Gasteiger partial charge on any atom is -0.262 e. The van der Waals surface area contributed by atoms with Gasteiger partial charge < -0.3 is 0 Å². The topological polar surface area (TPSA) is 12.9 Å². The Bertz CT molecular complexity index is 216. The number of nitrogens with zero attached hydrogens (tertiary/aromatic N) is 1. The van der Waals surface area contributed by atoms with Crippen molar-refractivity contribution >= 4 is 12.7 Å². The number of hydrogen-bond acceptors (Lipinski definition) is 1. The smallest absolute Gasteiger partial charge is 0.150 e. The van der Waals surface area contributed by atoms with Gasteiger partial charge >= 0.3 is 0 Å². The molecule has 0 saturated carbocycles. The summed E-state index contributed by atoms with van der Waals surface area (Å²) in [5.41, 5.74) is 2.35. The molecule has 1 radical (unpaired) electrons. The van der Waals surface area contributed by atoms with E-state index in [4.69, 9.17) is 0 Å². The van der Waals surface area contributed by atoms with E-state index in [-0.39, 0.29) is 0 Å². The summed E-state index contributed by atoms with van der Waals surface area (Å²) in [6, 6.07) is 4.18. The maximum absolute atomic E-state index is 4.32. The summed E-state index contributed by atoms with van der Waals surface area (Å²) in [6.07, 6.45) is 1.91. The van der Waals surface area contributed by atoms with Gasteiger partial charge in [0, 0.05) is 11.9 Å². The minimum absolute atomic E-state index is 0.529. The number of rotatable bonds is 2. The van der Waals surface area contributed by atoms with Crippen LogP contribution in [0.25, 0.3) is 0 Å². The summed E-state index contributed by atoms with van der Waals surface area (Å²) in [4.78, 5) is 4.32. The summed E-state index contributed by atoms with van der Waals surface area (Å²) < 4.78 is 0. The van der Waals surface area contributed by atoms with Crippen molar-refractivity contribution < 1.29 is 0 Å². The lowest BCUT2D eigenvalue weighted by Gasteiger charge is -2.03. The van der Waals surface area contributed by atoms with Gasteiger partial charge in [0.15, 0.2) is 0 Å². The lowest BCUT2D eigenvalue weighted by atomic mass is 9.74. The van der Waals surface area contributed by atoms with Gasteiger partial charge in [0.05, 0.1) is 0 Å². The second kappa shape index (κ2) is 3.56. The molecule has 1 rings (SSSR count). The molecule has 11 heavy (non-hydrogen) atoms. The SMILES string of the molecule is C[B]c1ccc(C(C)C)nc1. The third-order valence-electron chi connectivity index (χ3n) is 1.73. The van der Waals surface area contributed by atoms with Crippen molar-refractivity contribution in [3.63, 3.8) is 0 Å². The van der Waals surface area contributed by atoms with Crippen molar-refractivity contribution in [2.75, 3.05) is 0 Å². The van der Waals surface area contributed by atoms with Crippen LogP contribution < -0.4 is 5.46 Å². The molecule has 0 fully saturated rings. The zero-order valence-electron chi connectivity index (χ0n) is 7.33. The first kappa shape index (κ1) is 8.31. The van der Waals surface area contributed by atoms with Crippen molar-refractivity contribution in [3.05, 3.63) is 24.0 Å². The fourth-order valence-corrected chi connectivity index (χ4v) is 0.929. The van der Waals surface area contributed by atoms with Crippen LogP contribution in [0.5, 0.6) is 0 Å². The normalized spacial score (nSPS) is 10.2. The van der Waals surface area contributed by atoms with Crippen LogP contribution in [-0.4, -0.2) is 12.3 Å². The molecule has 0 N–H and O–H groups in total. The van der Waals surface area contributed by atoms with E-state index in [2.05, 4.69) is 38.2 Å². The Morgan fingerprint density at radius 3 is 2.45 bits per heavy atom. The highest BCUT2D eigenvalue weighted by molar-refractivity contribution is 6.51. The summed E-state index contributed by atoms with van der Waals surface area (Å²) in [6.45, 7) is 6.32. The Morgan fingerprint density at radius 2 is 2.09 bits per heavy atom. The molecule has 0 saturated heterocycles. The lowest BCUT2D eigenvalue weighted by Crippen LogP contribution is -2.11. The van der Waals surface area contributed by atoms with Gasteiger partial charge in [0.25, 0.3) is 0 Å². The molecule has 0 atom stereocenters.